The number of halogens is 1. The molecule has 0 aliphatic rings. The van der Waals surface area contributed by atoms with Crippen molar-refractivity contribution in [1.29, 1.82) is 0 Å². The minimum absolute atomic E-state index is 0.0863. The minimum Gasteiger partial charge on any atom is -0.508 e. The van der Waals surface area contributed by atoms with Crippen molar-refractivity contribution in [3.05, 3.63) is 58.1 Å². The first kappa shape index (κ1) is 34.3. The lowest BCUT2D eigenvalue weighted by atomic mass is 9.99. The molecule has 0 spiro atoms. The predicted molar refractivity (Wildman–Crippen MR) is 168 cm³/mol. The quantitative estimate of drug-likeness (QED) is 0.212. The number of thioether (sulfide) groups is 1. The van der Waals surface area contributed by atoms with Crippen LogP contribution in [0.2, 0.25) is 5.02 Å². The number of aromatic hydroxyl groups is 1. The molecule has 3 amide bonds. The fourth-order valence-corrected chi connectivity index (χ4v) is 5.09. The fourth-order valence-electron chi connectivity index (χ4n) is 4.35. The number of para-hydroxylation sites is 1. The molecule has 0 aromatic heterocycles. The number of phenolic OH excluding ortho intramolecular Hbond substituents is 1. The van der Waals surface area contributed by atoms with E-state index in [1.54, 1.807) is 63.7 Å². The van der Waals surface area contributed by atoms with E-state index in [9.17, 15) is 19.5 Å². The molecule has 0 saturated carbocycles. The fraction of sp³-hybridized carbons (Fsp3) is 0.516. The molecule has 3 N–H and O–H groups in total. The van der Waals surface area contributed by atoms with E-state index in [1.165, 1.54) is 11.0 Å². The van der Waals surface area contributed by atoms with Crippen molar-refractivity contribution in [2.24, 2.45) is 0 Å². The van der Waals surface area contributed by atoms with Crippen LogP contribution in [0.4, 0.5) is 10.5 Å². The number of unbranched alkanes of at least 4 members (excludes halogenated alkanes) is 2. The van der Waals surface area contributed by atoms with Crippen LogP contribution in [0, 0.1) is 13.8 Å². The molecule has 0 fully saturated rings. The Balaban J connectivity index is 2.60. The first-order chi connectivity index (χ1) is 19.3. The number of ether oxygens (including phenoxy) is 1. The van der Waals surface area contributed by atoms with Crippen LogP contribution in [0.5, 0.6) is 5.75 Å². The maximum absolute atomic E-state index is 14.3. The molecule has 2 unspecified atom stereocenters. The Morgan fingerprint density at radius 2 is 1.80 bits per heavy atom. The highest BCUT2D eigenvalue weighted by molar-refractivity contribution is 7.98. The van der Waals surface area contributed by atoms with Gasteiger partial charge in [0.15, 0.2) is 0 Å². The molecule has 0 saturated heterocycles. The summed E-state index contributed by atoms with van der Waals surface area (Å²) in [4.78, 5) is 42.7. The molecule has 2 atom stereocenters. The monoisotopic (exact) mass is 605 g/mol. The van der Waals surface area contributed by atoms with Gasteiger partial charge in [-0.1, -0.05) is 49.6 Å². The van der Waals surface area contributed by atoms with Gasteiger partial charge in [-0.3, -0.25) is 9.59 Å². The van der Waals surface area contributed by atoms with Gasteiger partial charge in [0, 0.05) is 6.54 Å². The van der Waals surface area contributed by atoms with E-state index in [0.29, 0.717) is 40.4 Å². The number of aryl methyl sites for hydroxylation is 2. The zero-order valence-electron chi connectivity index (χ0n) is 25.2. The zero-order valence-corrected chi connectivity index (χ0v) is 26.7. The molecule has 0 heterocycles. The van der Waals surface area contributed by atoms with Crippen LogP contribution >= 0.6 is 23.4 Å². The van der Waals surface area contributed by atoms with E-state index in [-0.39, 0.29) is 18.2 Å². The second-order valence-corrected chi connectivity index (χ2v) is 12.5. The van der Waals surface area contributed by atoms with Gasteiger partial charge in [0.05, 0.1) is 10.7 Å². The van der Waals surface area contributed by atoms with E-state index in [1.807, 2.05) is 19.2 Å². The number of benzene rings is 2. The smallest absolute Gasteiger partial charge is 0.408 e. The largest absolute Gasteiger partial charge is 0.508 e. The molecule has 0 aliphatic carbocycles. The summed E-state index contributed by atoms with van der Waals surface area (Å²) in [6.07, 6.45) is 4.02. The lowest BCUT2D eigenvalue weighted by molar-refractivity contribution is -0.141. The average molecular weight is 606 g/mol. The van der Waals surface area contributed by atoms with Gasteiger partial charge in [-0.25, -0.2) is 4.79 Å². The van der Waals surface area contributed by atoms with Crippen LogP contribution in [0.3, 0.4) is 0 Å². The van der Waals surface area contributed by atoms with E-state index in [4.69, 9.17) is 16.3 Å². The van der Waals surface area contributed by atoms with E-state index >= 15 is 0 Å². The van der Waals surface area contributed by atoms with Crippen LogP contribution in [0.25, 0.3) is 0 Å². The Bertz CT molecular complexity index is 1180. The van der Waals surface area contributed by atoms with Gasteiger partial charge in [0.25, 0.3) is 5.91 Å². The molecule has 41 heavy (non-hydrogen) atoms. The number of hydrogen-bond acceptors (Lipinski definition) is 6. The normalized spacial score (nSPS) is 12.8. The summed E-state index contributed by atoms with van der Waals surface area (Å²) < 4.78 is 5.45. The van der Waals surface area contributed by atoms with Gasteiger partial charge in [-0.15, -0.1) is 0 Å². The van der Waals surface area contributed by atoms with E-state index < -0.39 is 29.7 Å². The summed E-state index contributed by atoms with van der Waals surface area (Å²) in [5, 5.41) is 16.3. The molecular weight excluding hydrogens is 562 g/mol. The Hall–Kier alpha value is -2.91. The predicted octanol–water partition coefficient (Wildman–Crippen LogP) is 7.01. The van der Waals surface area contributed by atoms with Gasteiger partial charge < -0.3 is 25.4 Å². The number of amides is 3. The van der Waals surface area contributed by atoms with Gasteiger partial charge in [-0.2, -0.15) is 11.8 Å². The van der Waals surface area contributed by atoms with Crippen LogP contribution in [0.15, 0.2) is 36.4 Å². The molecule has 226 valence electrons. The second kappa shape index (κ2) is 15.9. The number of carbonyl (C=O) groups is 3. The van der Waals surface area contributed by atoms with Crippen molar-refractivity contribution in [2.45, 2.75) is 84.9 Å². The Morgan fingerprint density at radius 1 is 1.10 bits per heavy atom. The number of anilines is 1. The standard InChI is InChI=1S/C31H44ClN3O5S/c1-8-9-10-17-35(29(38)24(16-18-41-7)33-30(39)40-31(4,5)6)27(22-14-15-25(36)21(3)19-22)28(37)34-26-20(2)12-11-13-23(26)32/h11-15,19,24,27,36H,8-10,16-18H2,1-7H3,(H,33,39)(H,34,37). The Morgan fingerprint density at radius 3 is 2.39 bits per heavy atom. The number of carbonyl (C=O) groups excluding carboxylic acids is 3. The molecule has 2 aromatic rings. The van der Waals surface area contributed by atoms with Crippen molar-refractivity contribution in [1.82, 2.24) is 10.2 Å². The SMILES string of the molecule is CCCCCN(C(=O)C(CCSC)NC(=O)OC(C)(C)C)C(C(=O)Nc1c(C)cccc1Cl)c1ccc(O)c(C)c1. The molecule has 8 nitrogen and oxygen atoms in total. The lowest BCUT2D eigenvalue weighted by Gasteiger charge is -2.35. The third-order valence-corrected chi connectivity index (χ3v) is 7.41. The highest BCUT2D eigenvalue weighted by Crippen LogP contribution is 2.31. The number of nitrogens with zero attached hydrogens (tertiary/aromatic N) is 1. The molecular formula is C31H44ClN3O5S. The maximum atomic E-state index is 14.3. The summed E-state index contributed by atoms with van der Waals surface area (Å²) in [7, 11) is 0. The molecule has 0 radical (unpaired) electrons. The number of nitrogens with one attached hydrogen (secondary N) is 2. The minimum atomic E-state index is -1.05. The second-order valence-electron chi connectivity index (χ2n) is 11.1. The number of rotatable bonds is 13. The Kier molecular flexibility index (Phi) is 13.3. The molecule has 0 aliphatic heterocycles. The van der Waals surface area contributed by atoms with Crippen molar-refractivity contribution in [3.63, 3.8) is 0 Å². The lowest BCUT2D eigenvalue weighted by Crippen LogP contribution is -2.52. The molecule has 2 aromatic carbocycles. The summed E-state index contributed by atoms with van der Waals surface area (Å²) in [6.45, 7) is 11.2. The third-order valence-electron chi connectivity index (χ3n) is 6.45. The van der Waals surface area contributed by atoms with Gasteiger partial charge in [0.1, 0.15) is 23.4 Å². The number of alkyl carbamates (subject to hydrolysis) is 1. The summed E-state index contributed by atoms with van der Waals surface area (Å²) in [5.74, 6) is -0.133. The van der Waals surface area contributed by atoms with E-state index in [2.05, 4.69) is 17.6 Å². The van der Waals surface area contributed by atoms with Crippen LogP contribution in [0.1, 0.15) is 76.1 Å². The summed E-state index contributed by atoms with van der Waals surface area (Å²) in [6, 6.07) is 8.24. The first-order valence-corrected chi connectivity index (χ1v) is 15.7. The number of hydrogen-bond donors (Lipinski definition) is 3. The summed E-state index contributed by atoms with van der Waals surface area (Å²) >= 11 is 8.00. The zero-order chi connectivity index (χ0) is 30.7. The first-order valence-electron chi connectivity index (χ1n) is 13.9. The average Bonchev–Trinajstić information content (AvgIpc) is 2.88. The van der Waals surface area contributed by atoms with Crippen molar-refractivity contribution < 1.29 is 24.2 Å². The van der Waals surface area contributed by atoms with Crippen molar-refractivity contribution in [3.8, 4) is 5.75 Å². The maximum Gasteiger partial charge on any atom is 0.408 e. The van der Waals surface area contributed by atoms with Crippen LogP contribution in [-0.4, -0.2) is 58.1 Å². The van der Waals surface area contributed by atoms with Crippen LogP contribution in [-0.2, 0) is 14.3 Å². The topological polar surface area (TPSA) is 108 Å². The summed E-state index contributed by atoms with van der Waals surface area (Å²) in [5.41, 5.74) is 1.61. The van der Waals surface area contributed by atoms with Crippen molar-refractivity contribution >= 4 is 47.0 Å². The molecule has 0 bridgehead atoms. The van der Waals surface area contributed by atoms with Gasteiger partial charge >= 0.3 is 6.09 Å². The number of phenols is 1. The van der Waals surface area contributed by atoms with Gasteiger partial charge in [0.2, 0.25) is 5.91 Å². The van der Waals surface area contributed by atoms with Crippen molar-refractivity contribution in [2.75, 3.05) is 23.9 Å². The molecule has 2 rings (SSSR count). The van der Waals surface area contributed by atoms with Crippen LogP contribution < -0.4 is 10.6 Å². The van der Waals surface area contributed by atoms with Gasteiger partial charge in [-0.05, 0) is 94.4 Å². The highest BCUT2D eigenvalue weighted by Gasteiger charge is 2.36. The molecule has 10 heteroatoms. The third kappa shape index (κ3) is 10.5. The highest BCUT2D eigenvalue weighted by atomic mass is 35.5. The Labute approximate surface area is 253 Å². The van der Waals surface area contributed by atoms with E-state index in [0.717, 1.165) is 18.4 Å².